The summed E-state index contributed by atoms with van der Waals surface area (Å²) in [7, 11) is 0. The van der Waals surface area contributed by atoms with Crippen LogP contribution in [0.25, 0.3) is 0 Å². The lowest BCUT2D eigenvalue weighted by molar-refractivity contribution is -0.167. The number of allylic oxidation sites excluding steroid dienone is 6. The van der Waals surface area contributed by atoms with Gasteiger partial charge in [-0.15, -0.1) is 0 Å². The zero-order valence-electron chi connectivity index (χ0n) is 42.1. The maximum atomic E-state index is 12.8. The summed E-state index contributed by atoms with van der Waals surface area (Å²) in [6.07, 6.45) is 61.3. The van der Waals surface area contributed by atoms with Crippen LogP contribution in [0, 0.1) is 0 Å². The standard InChI is InChI=1S/C57H104O6/c1-4-7-10-13-16-19-22-25-27-28-29-31-32-35-38-41-44-47-50-56(59)62-53-54(52-61-55(58)49-46-43-40-37-34-24-21-18-15-12-9-6-3)63-57(60)51-48-45-42-39-36-33-30-26-23-20-17-14-11-8-5-2/h17,20,26,30,36,39,54H,4-16,18-19,21-25,27-29,31-35,37-38,40-53H2,1-3H3/b20-17-,30-26-,39-36-/t54-/m1/s1. The van der Waals surface area contributed by atoms with Crippen LogP contribution in [0.15, 0.2) is 36.5 Å². The Hall–Kier alpha value is -2.37. The van der Waals surface area contributed by atoms with Crippen LogP contribution in [-0.4, -0.2) is 37.2 Å². The molecule has 6 nitrogen and oxygen atoms in total. The van der Waals surface area contributed by atoms with Gasteiger partial charge < -0.3 is 14.2 Å². The number of hydrogen-bond donors (Lipinski definition) is 0. The van der Waals surface area contributed by atoms with Gasteiger partial charge >= 0.3 is 17.9 Å². The molecule has 0 spiro atoms. The van der Waals surface area contributed by atoms with Crippen LogP contribution in [0.1, 0.15) is 290 Å². The average molecular weight is 885 g/mol. The minimum atomic E-state index is -0.787. The first-order valence-electron chi connectivity index (χ1n) is 27.5. The summed E-state index contributed by atoms with van der Waals surface area (Å²) in [5, 5.41) is 0. The van der Waals surface area contributed by atoms with Crippen molar-refractivity contribution in [1.82, 2.24) is 0 Å². The van der Waals surface area contributed by atoms with Crippen LogP contribution < -0.4 is 0 Å². The Morgan fingerprint density at radius 1 is 0.317 bits per heavy atom. The Morgan fingerprint density at radius 3 is 0.921 bits per heavy atom. The fourth-order valence-corrected chi connectivity index (χ4v) is 7.98. The van der Waals surface area contributed by atoms with E-state index in [9.17, 15) is 14.4 Å². The highest BCUT2D eigenvalue weighted by Gasteiger charge is 2.19. The van der Waals surface area contributed by atoms with Crippen molar-refractivity contribution in [3.05, 3.63) is 36.5 Å². The number of unbranched alkanes of at least 4 members (excludes halogenated alkanes) is 33. The van der Waals surface area contributed by atoms with E-state index in [4.69, 9.17) is 14.2 Å². The van der Waals surface area contributed by atoms with E-state index >= 15 is 0 Å². The average Bonchev–Trinajstić information content (AvgIpc) is 3.28. The first-order chi connectivity index (χ1) is 31.0. The second kappa shape index (κ2) is 52.3. The van der Waals surface area contributed by atoms with Gasteiger partial charge in [-0.25, -0.2) is 0 Å². The summed E-state index contributed by atoms with van der Waals surface area (Å²) < 4.78 is 16.8. The predicted octanol–water partition coefficient (Wildman–Crippen LogP) is 18.1. The molecule has 0 fully saturated rings. The lowest BCUT2D eigenvalue weighted by Crippen LogP contribution is -2.30. The summed E-state index contributed by atoms with van der Waals surface area (Å²) in [5.41, 5.74) is 0. The maximum Gasteiger partial charge on any atom is 0.306 e. The van der Waals surface area contributed by atoms with Crippen LogP contribution in [0.5, 0.6) is 0 Å². The van der Waals surface area contributed by atoms with Crippen LogP contribution in [0.3, 0.4) is 0 Å². The van der Waals surface area contributed by atoms with Gasteiger partial charge in [0, 0.05) is 19.3 Å². The summed E-state index contributed by atoms with van der Waals surface area (Å²) >= 11 is 0. The van der Waals surface area contributed by atoms with E-state index in [0.29, 0.717) is 19.3 Å². The number of carbonyl (C=O) groups is 3. The first kappa shape index (κ1) is 60.6. The lowest BCUT2D eigenvalue weighted by atomic mass is 10.0. The molecule has 0 aromatic carbocycles. The molecule has 0 unspecified atom stereocenters. The highest BCUT2D eigenvalue weighted by Crippen LogP contribution is 2.16. The second-order valence-corrected chi connectivity index (χ2v) is 18.5. The van der Waals surface area contributed by atoms with Gasteiger partial charge in [-0.2, -0.15) is 0 Å². The molecule has 0 saturated carbocycles. The van der Waals surface area contributed by atoms with E-state index < -0.39 is 6.10 Å². The minimum Gasteiger partial charge on any atom is -0.462 e. The third-order valence-electron chi connectivity index (χ3n) is 12.1. The SMILES string of the molecule is CCCCC/C=C\C/C=C\C/C=C\CCCCC(=O)O[C@H](COC(=O)CCCCCCCCCCCCCC)COC(=O)CCCCCCCCCCCCCCCCCCCC. The Labute approximate surface area is 391 Å². The molecule has 0 bridgehead atoms. The van der Waals surface area contributed by atoms with Gasteiger partial charge in [-0.3, -0.25) is 14.4 Å². The highest BCUT2D eigenvalue weighted by molar-refractivity contribution is 5.71. The van der Waals surface area contributed by atoms with Gasteiger partial charge in [0.25, 0.3) is 0 Å². The monoisotopic (exact) mass is 885 g/mol. The summed E-state index contributed by atoms with van der Waals surface area (Å²) in [6.45, 7) is 6.61. The molecule has 0 aliphatic heterocycles. The molecule has 0 aromatic rings. The molecule has 63 heavy (non-hydrogen) atoms. The number of esters is 3. The van der Waals surface area contributed by atoms with Gasteiger partial charge in [0.1, 0.15) is 13.2 Å². The fourth-order valence-electron chi connectivity index (χ4n) is 7.98. The van der Waals surface area contributed by atoms with E-state index in [0.717, 1.165) is 64.2 Å². The van der Waals surface area contributed by atoms with E-state index in [1.807, 2.05) is 0 Å². The predicted molar refractivity (Wildman–Crippen MR) is 270 cm³/mol. The van der Waals surface area contributed by atoms with Crippen LogP contribution in [0.2, 0.25) is 0 Å². The van der Waals surface area contributed by atoms with Gasteiger partial charge in [0.2, 0.25) is 0 Å². The Kier molecular flexibility index (Phi) is 50.3. The number of carbonyl (C=O) groups excluding carboxylic acids is 3. The number of hydrogen-bond acceptors (Lipinski definition) is 6. The molecule has 6 heteroatoms. The normalized spacial score (nSPS) is 12.2. The van der Waals surface area contributed by atoms with Crippen molar-refractivity contribution in [3.8, 4) is 0 Å². The summed E-state index contributed by atoms with van der Waals surface area (Å²) in [6, 6.07) is 0. The first-order valence-corrected chi connectivity index (χ1v) is 27.5. The minimum absolute atomic E-state index is 0.0829. The van der Waals surface area contributed by atoms with E-state index in [1.165, 1.54) is 180 Å². The van der Waals surface area contributed by atoms with Crippen molar-refractivity contribution in [2.24, 2.45) is 0 Å². The second-order valence-electron chi connectivity index (χ2n) is 18.5. The van der Waals surface area contributed by atoms with Gasteiger partial charge in [-0.05, 0) is 57.8 Å². The van der Waals surface area contributed by atoms with Crippen molar-refractivity contribution < 1.29 is 28.6 Å². The van der Waals surface area contributed by atoms with Crippen molar-refractivity contribution in [3.63, 3.8) is 0 Å². The molecule has 0 saturated heterocycles. The lowest BCUT2D eigenvalue weighted by Gasteiger charge is -2.18. The van der Waals surface area contributed by atoms with Crippen molar-refractivity contribution in [2.45, 2.75) is 297 Å². The van der Waals surface area contributed by atoms with Crippen LogP contribution in [-0.2, 0) is 28.6 Å². The molecular formula is C57H104O6. The molecule has 0 heterocycles. The maximum absolute atomic E-state index is 12.8. The van der Waals surface area contributed by atoms with Crippen molar-refractivity contribution >= 4 is 17.9 Å². The summed E-state index contributed by atoms with van der Waals surface area (Å²) in [4.78, 5) is 38.0. The molecule has 0 N–H and O–H groups in total. The quantitative estimate of drug-likeness (QED) is 0.0262. The Morgan fingerprint density at radius 2 is 0.571 bits per heavy atom. The van der Waals surface area contributed by atoms with E-state index in [2.05, 4.69) is 57.2 Å². The molecule has 0 aliphatic carbocycles. The zero-order chi connectivity index (χ0) is 45.8. The highest BCUT2D eigenvalue weighted by atomic mass is 16.6. The van der Waals surface area contributed by atoms with E-state index in [1.54, 1.807) is 0 Å². The Bertz CT molecular complexity index is 1060. The van der Waals surface area contributed by atoms with Crippen molar-refractivity contribution in [1.29, 1.82) is 0 Å². The summed E-state index contributed by atoms with van der Waals surface area (Å²) in [5.74, 6) is -0.907. The molecule has 0 amide bonds. The number of ether oxygens (including phenoxy) is 3. The zero-order valence-corrected chi connectivity index (χ0v) is 42.1. The topological polar surface area (TPSA) is 78.9 Å². The van der Waals surface area contributed by atoms with Crippen LogP contribution >= 0.6 is 0 Å². The molecule has 0 radical (unpaired) electrons. The van der Waals surface area contributed by atoms with Gasteiger partial charge in [0.05, 0.1) is 0 Å². The molecule has 0 aliphatic rings. The van der Waals surface area contributed by atoms with Crippen molar-refractivity contribution in [2.75, 3.05) is 13.2 Å². The molecule has 0 aromatic heterocycles. The fraction of sp³-hybridized carbons (Fsp3) is 0.842. The molecule has 0 rings (SSSR count). The third-order valence-corrected chi connectivity index (χ3v) is 12.1. The van der Waals surface area contributed by atoms with E-state index in [-0.39, 0.29) is 37.5 Å². The van der Waals surface area contributed by atoms with Gasteiger partial charge in [0.15, 0.2) is 6.10 Å². The Balaban J connectivity index is 4.36. The third kappa shape index (κ3) is 50.5. The smallest absolute Gasteiger partial charge is 0.306 e. The largest absolute Gasteiger partial charge is 0.462 e. The molecular weight excluding hydrogens is 781 g/mol. The van der Waals surface area contributed by atoms with Gasteiger partial charge in [-0.1, -0.05) is 250 Å². The van der Waals surface area contributed by atoms with Crippen LogP contribution in [0.4, 0.5) is 0 Å². The molecule has 368 valence electrons. The number of rotatable bonds is 50. The molecule has 1 atom stereocenters.